The summed E-state index contributed by atoms with van der Waals surface area (Å²) in [4.78, 5) is 14.0. The van der Waals surface area contributed by atoms with Gasteiger partial charge in [-0.05, 0) is 51.8 Å². The normalized spacial score (nSPS) is 9.95. The van der Waals surface area contributed by atoms with E-state index in [0.29, 0.717) is 27.8 Å². The van der Waals surface area contributed by atoms with Crippen molar-refractivity contribution in [3.8, 4) is 6.07 Å². The van der Waals surface area contributed by atoms with E-state index in [1.807, 2.05) is 12.1 Å². The molecule has 0 radical (unpaired) electrons. The first-order valence-corrected chi connectivity index (χ1v) is 7.10. The molecule has 2 N–H and O–H groups in total. The molecule has 106 valence electrons. The van der Waals surface area contributed by atoms with Gasteiger partial charge in [0.25, 0.3) is 5.91 Å². The minimum absolute atomic E-state index is 0.128. The molecule has 0 fully saturated rings. The highest BCUT2D eigenvalue weighted by molar-refractivity contribution is 9.10. The molecule has 0 bridgehead atoms. The Labute approximate surface area is 131 Å². The van der Waals surface area contributed by atoms with Crippen LogP contribution in [0.4, 0.5) is 5.69 Å². The quantitative estimate of drug-likeness (QED) is 0.870. The van der Waals surface area contributed by atoms with Crippen LogP contribution in [0.1, 0.15) is 21.5 Å². The molecule has 0 aromatic heterocycles. The zero-order valence-electron chi connectivity index (χ0n) is 11.5. The van der Waals surface area contributed by atoms with Crippen LogP contribution >= 0.6 is 15.9 Å². The third-order valence-corrected chi connectivity index (χ3v) is 3.73. The summed E-state index contributed by atoms with van der Waals surface area (Å²) in [6, 6.07) is 14.4. The van der Waals surface area contributed by atoms with Gasteiger partial charge in [-0.2, -0.15) is 5.26 Å². The summed E-state index contributed by atoms with van der Waals surface area (Å²) in [6.45, 7) is 0.426. The van der Waals surface area contributed by atoms with Gasteiger partial charge in [-0.25, -0.2) is 0 Å². The standard InChI is InChI=1S/C16H14BrN3O/c1-20(10-12-4-2-3-11(7-12)9-18)16(21)14-8-13(19)5-6-15(14)17/h2-8H,10,19H2,1H3. The molecule has 1 amide bonds. The maximum Gasteiger partial charge on any atom is 0.255 e. The van der Waals surface area contributed by atoms with Crippen LogP contribution in [-0.2, 0) is 6.54 Å². The third kappa shape index (κ3) is 3.61. The monoisotopic (exact) mass is 343 g/mol. The zero-order chi connectivity index (χ0) is 15.4. The van der Waals surface area contributed by atoms with Crippen LogP contribution in [0.15, 0.2) is 46.9 Å². The smallest absolute Gasteiger partial charge is 0.255 e. The van der Waals surface area contributed by atoms with Gasteiger partial charge in [0, 0.05) is 23.8 Å². The van der Waals surface area contributed by atoms with Crippen molar-refractivity contribution in [2.75, 3.05) is 12.8 Å². The molecule has 0 saturated carbocycles. The number of nitrogens with zero attached hydrogens (tertiary/aromatic N) is 2. The second-order valence-corrected chi connectivity index (χ2v) is 5.57. The summed E-state index contributed by atoms with van der Waals surface area (Å²) >= 11 is 3.36. The number of nitriles is 1. The van der Waals surface area contributed by atoms with Crippen molar-refractivity contribution in [1.82, 2.24) is 4.90 Å². The Kier molecular flexibility index (Phi) is 4.61. The Morgan fingerprint density at radius 3 is 2.81 bits per heavy atom. The second-order valence-electron chi connectivity index (χ2n) is 4.71. The van der Waals surface area contributed by atoms with Gasteiger partial charge in [0.05, 0.1) is 17.2 Å². The fourth-order valence-corrected chi connectivity index (χ4v) is 2.41. The highest BCUT2D eigenvalue weighted by Gasteiger charge is 2.15. The summed E-state index contributed by atoms with van der Waals surface area (Å²) in [6.07, 6.45) is 0. The average molecular weight is 344 g/mol. The Morgan fingerprint density at radius 2 is 2.10 bits per heavy atom. The number of nitrogen functional groups attached to an aromatic ring is 1. The van der Waals surface area contributed by atoms with E-state index in [1.54, 1.807) is 42.3 Å². The van der Waals surface area contributed by atoms with Gasteiger partial charge in [-0.3, -0.25) is 4.79 Å². The van der Waals surface area contributed by atoms with Gasteiger partial charge in [0.1, 0.15) is 0 Å². The van der Waals surface area contributed by atoms with Crippen molar-refractivity contribution >= 4 is 27.5 Å². The number of halogens is 1. The van der Waals surface area contributed by atoms with Gasteiger partial charge in [0.15, 0.2) is 0 Å². The van der Waals surface area contributed by atoms with Gasteiger partial charge < -0.3 is 10.6 Å². The van der Waals surface area contributed by atoms with Crippen LogP contribution < -0.4 is 5.73 Å². The summed E-state index contributed by atoms with van der Waals surface area (Å²) in [5, 5.41) is 8.90. The number of nitrogens with two attached hydrogens (primary N) is 1. The molecule has 0 aliphatic heterocycles. The van der Waals surface area contributed by atoms with Gasteiger partial charge in [-0.15, -0.1) is 0 Å². The fraction of sp³-hybridized carbons (Fsp3) is 0.125. The van der Waals surface area contributed by atoms with Crippen molar-refractivity contribution in [1.29, 1.82) is 5.26 Å². The van der Waals surface area contributed by atoms with Crippen LogP contribution in [-0.4, -0.2) is 17.9 Å². The summed E-state index contributed by atoms with van der Waals surface area (Å²) in [7, 11) is 1.72. The van der Waals surface area contributed by atoms with E-state index in [2.05, 4.69) is 22.0 Å². The third-order valence-electron chi connectivity index (χ3n) is 3.04. The first kappa shape index (κ1) is 15.1. The largest absolute Gasteiger partial charge is 0.399 e. The van der Waals surface area contributed by atoms with E-state index in [1.165, 1.54) is 0 Å². The minimum Gasteiger partial charge on any atom is -0.399 e. The number of hydrogen-bond acceptors (Lipinski definition) is 3. The van der Waals surface area contributed by atoms with Crippen LogP contribution in [0, 0.1) is 11.3 Å². The molecule has 0 atom stereocenters. The zero-order valence-corrected chi connectivity index (χ0v) is 13.1. The molecule has 0 aliphatic rings. The first-order chi connectivity index (χ1) is 10.0. The molecule has 0 unspecified atom stereocenters. The van der Waals surface area contributed by atoms with Crippen molar-refractivity contribution in [3.05, 3.63) is 63.6 Å². The molecule has 0 spiro atoms. The SMILES string of the molecule is CN(Cc1cccc(C#N)c1)C(=O)c1cc(N)ccc1Br. The number of hydrogen-bond donors (Lipinski definition) is 1. The maximum absolute atomic E-state index is 12.5. The average Bonchev–Trinajstić information content (AvgIpc) is 2.49. The molecule has 21 heavy (non-hydrogen) atoms. The van der Waals surface area contributed by atoms with Crippen molar-refractivity contribution in [2.45, 2.75) is 6.54 Å². The minimum atomic E-state index is -0.128. The highest BCUT2D eigenvalue weighted by atomic mass is 79.9. The lowest BCUT2D eigenvalue weighted by Crippen LogP contribution is -2.26. The van der Waals surface area contributed by atoms with Crippen molar-refractivity contribution < 1.29 is 4.79 Å². The first-order valence-electron chi connectivity index (χ1n) is 6.31. The van der Waals surface area contributed by atoms with E-state index < -0.39 is 0 Å². The summed E-state index contributed by atoms with van der Waals surface area (Å²) in [5.41, 5.74) is 8.28. The number of carbonyl (C=O) groups is 1. The highest BCUT2D eigenvalue weighted by Crippen LogP contribution is 2.21. The van der Waals surface area contributed by atoms with Crippen LogP contribution in [0.2, 0.25) is 0 Å². The maximum atomic E-state index is 12.5. The Morgan fingerprint density at radius 1 is 1.33 bits per heavy atom. The second kappa shape index (κ2) is 6.42. The van der Waals surface area contributed by atoms with E-state index in [-0.39, 0.29) is 5.91 Å². The molecule has 5 heteroatoms. The lowest BCUT2D eigenvalue weighted by molar-refractivity contribution is 0.0784. The number of carbonyl (C=O) groups excluding carboxylic acids is 1. The predicted octanol–water partition coefficient (Wildman–Crippen LogP) is 3.18. The molecule has 2 aromatic rings. The fourth-order valence-electron chi connectivity index (χ4n) is 2.00. The molecular formula is C16H14BrN3O. The number of anilines is 1. The molecule has 0 saturated heterocycles. The van der Waals surface area contributed by atoms with Crippen LogP contribution in [0.25, 0.3) is 0 Å². The van der Waals surface area contributed by atoms with Crippen LogP contribution in [0.5, 0.6) is 0 Å². The van der Waals surface area contributed by atoms with Crippen LogP contribution in [0.3, 0.4) is 0 Å². The van der Waals surface area contributed by atoms with Gasteiger partial charge in [0.2, 0.25) is 0 Å². The lowest BCUT2D eigenvalue weighted by Gasteiger charge is -2.18. The topological polar surface area (TPSA) is 70.1 Å². The number of rotatable bonds is 3. The van der Waals surface area contributed by atoms with Gasteiger partial charge in [-0.1, -0.05) is 12.1 Å². The summed E-state index contributed by atoms with van der Waals surface area (Å²) < 4.78 is 0.708. The molecule has 0 heterocycles. The molecule has 0 aliphatic carbocycles. The Bertz CT molecular complexity index is 722. The molecule has 4 nitrogen and oxygen atoms in total. The molecule has 2 rings (SSSR count). The predicted molar refractivity (Wildman–Crippen MR) is 85.5 cm³/mol. The molecular weight excluding hydrogens is 330 g/mol. The molecule has 2 aromatic carbocycles. The number of amides is 1. The number of benzene rings is 2. The van der Waals surface area contributed by atoms with E-state index >= 15 is 0 Å². The van der Waals surface area contributed by atoms with E-state index in [9.17, 15) is 4.79 Å². The Balaban J connectivity index is 2.19. The van der Waals surface area contributed by atoms with E-state index in [4.69, 9.17) is 11.0 Å². The van der Waals surface area contributed by atoms with Crippen molar-refractivity contribution in [2.24, 2.45) is 0 Å². The van der Waals surface area contributed by atoms with E-state index in [0.717, 1.165) is 5.56 Å². The summed E-state index contributed by atoms with van der Waals surface area (Å²) in [5.74, 6) is -0.128. The van der Waals surface area contributed by atoms with Crippen molar-refractivity contribution in [3.63, 3.8) is 0 Å². The lowest BCUT2D eigenvalue weighted by atomic mass is 10.1. The van der Waals surface area contributed by atoms with Gasteiger partial charge >= 0.3 is 0 Å². The Hall–Kier alpha value is -2.32.